The first-order valence-corrected chi connectivity index (χ1v) is 18.9. The Morgan fingerprint density at radius 1 is 0.623 bits per heavy atom. The second-order valence-electron chi connectivity index (χ2n) is 17.4. The summed E-state index contributed by atoms with van der Waals surface area (Å²) in [4.78, 5) is 5.08. The van der Waals surface area contributed by atoms with Crippen LogP contribution in [-0.4, -0.2) is 22.7 Å². The van der Waals surface area contributed by atoms with E-state index in [0.29, 0.717) is 0 Å². The van der Waals surface area contributed by atoms with E-state index >= 15 is 0 Å². The lowest BCUT2D eigenvalue weighted by Gasteiger charge is -2.44. The predicted octanol–water partition coefficient (Wildman–Crippen LogP) is 10.6. The van der Waals surface area contributed by atoms with Gasteiger partial charge in [0.25, 0.3) is 5.65 Å². The summed E-state index contributed by atoms with van der Waals surface area (Å²) in [6.45, 7) is 13.8. The lowest BCUT2D eigenvalue weighted by molar-refractivity contribution is -0.728. The Morgan fingerprint density at radius 2 is 1.21 bits per heavy atom. The minimum atomic E-state index is -0.610. The molecule has 4 aliphatic rings. The molecule has 0 bridgehead atoms. The quantitative estimate of drug-likeness (QED) is 0.169. The fraction of sp³-hybridized carbons (Fsp3) is 0.229. The van der Waals surface area contributed by atoms with Gasteiger partial charge in [0.05, 0.1) is 34.1 Å². The molecule has 0 saturated heterocycles. The van der Waals surface area contributed by atoms with Gasteiger partial charge in [-0.3, -0.25) is 0 Å². The molecule has 11 rings (SSSR count). The van der Waals surface area contributed by atoms with E-state index in [4.69, 9.17) is 4.74 Å². The van der Waals surface area contributed by atoms with E-state index in [1.165, 1.54) is 78.0 Å². The van der Waals surface area contributed by atoms with Gasteiger partial charge in [-0.1, -0.05) is 108 Å². The number of nitrogens with zero attached hydrogens (tertiary/aromatic N) is 4. The molecule has 5 aromatic carbocycles. The van der Waals surface area contributed by atoms with Crippen LogP contribution in [0.15, 0.2) is 128 Å². The molecule has 2 atom stereocenters. The number of aromatic nitrogens is 2. The summed E-state index contributed by atoms with van der Waals surface area (Å²) in [5, 5.41) is 2.52. The fourth-order valence-electron chi connectivity index (χ4n) is 9.76. The number of hydrogen-bond acceptors (Lipinski definition) is 3. The highest BCUT2D eigenvalue weighted by molar-refractivity contribution is 6.07. The van der Waals surface area contributed by atoms with E-state index in [9.17, 15) is 0 Å². The summed E-state index contributed by atoms with van der Waals surface area (Å²) in [7, 11) is 2.29. The third-order valence-electron chi connectivity index (χ3n) is 12.3. The second kappa shape index (κ2) is 9.99. The summed E-state index contributed by atoms with van der Waals surface area (Å²) >= 11 is 0. The molecule has 0 N–H and O–H groups in total. The van der Waals surface area contributed by atoms with E-state index in [1.807, 2.05) is 0 Å². The summed E-state index contributed by atoms with van der Waals surface area (Å²) in [5.74, 6) is 1.90. The molecule has 0 amide bonds. The first-order chi connectivity index (χ1) is 25.5. The Bertz CT molecular complexity index is 2740. The molecular formula is C48H43N4O+. The van der Waals surface area contributed by atoms with E-state index in [1.54, 1.807) is 0 Å². The van der Waals surface area contributed by atoms with Gasteiger partial charge in [0, 0.05) is 18.6 Å². The van der Waals surface area contributed by atoms with Crippen LogP contribution in [-0.2, 0) is 16.4 Å². The van der Waals surface area contributed by atoms with Gasteiger partial charge in [-0.25, -0.2) is 4.57 Å². The molecule has 0 fully saturated rings. The third-order valence-corrected chi connectivity index (χ3v) is 12.3. The molecule has 1 spiro atoms. The zero-order valence-corrected chi connectivity index (χ0v) is 31.4. The molecule has 53 heavy (non-hydrogen) atoms. The molecular weight excluding hydrogens is 649 g/mol. The van der Waals surface area contributed by atoms with Crippen molar-refractivity contribution >= 4 is 33.3 Å². The lowest BCUT2D eigenvalue weighted by Crippen LogP contribution is -2.69. The van der Waals surface area contributed by atoms with Crippen molar-refractivity contribution in [1.29, 1.82) is 0 Å². The summed E-state index contributed by atoms with van der Waals surface area (Å²) < 4.78 is 12.4. The minimum Gasteiger partial charge on any atom is -0.456 e. The average Bonchev–Trinajstić information content (AvgIpc) is 3.77. The Labute approximate surface area is 311 Å². The number of pyridine rings is 1. The number of benzene rings is 5. The van der Waals surface area contributed by atoms with Crippen molar-refractivity contribution in [3.63, 3.8) is 0 Å². The first kappa shape index (κ1) is 30.8. The molecule has 7 aromatic rings. The zero-order valence-electron chi connectivity index (χ0n) is 31.4. The van der Waals surface area contributed by atoms with Crippen LogP contribution in [0.1, 0.15) is 69.4 Å². The normalized spacial score (nSPS) is 19.3. The maximum atomic E-state index is 7.26. The molecule has 2 aromatic heterocycles. The third kappa shape index (κ3) is 3.84. The minimum absolute atomic E-state index is 0.0730. The van der Waals surface area contributed by atoms with Crippen molar-refractivity contribution in [3.05, 3.63) is 155 Å². The Morgan fingerprint density at radius 3 is 1.91 bits per heavy atom. The lowest BCUT2D eigenvalue weighted by atomic mass is 9.73. The van der Waals surface area contributed by atoms with E-state index in [0.717, 1.165) is 11.5 Å². The van der Waals surface area contributed by atoms with Crippen LogP contribution in [0.25, 0.3) is 44.4 Å². The Balaban J connectivity index is 1.24. The molecule has 4 aliphatic heterocycles. The number of hydrogen-bond donors (Lipinski definition) is 0. The van der Waals surface area contributed by atoms with Crippen LogP contribution < -0.4 is 14.2 Å². The summed E-state index contributed by atoms with van der Waals surface area (Å²) in [6.07, 6.45) is 4.63. The highest BCUT2D eigenvalue weighted by atomic mass is 16.5. The summed E-state index contributed by atoms with van der Waals surface area (Å²) in [6, 6.07) is 42.7. The van der Waals surface area contributed by atoms with Gasteiger partial charge in [0.2, 0.25) is 5.54 Å². The Hall–Kier alpha value is -5.81. The maximum Gasteiger partial charge on any atom is 0.296 e. The van der Waals surface area contributed by atoms with Crippen LogP contribution in [0.2, 0.25) is 0 Å². The smallest absolute Gasteiger partial charge is 0.296 e. The largest absolute Gasteiger partial charge is 0.456 e. The van der Waals surface area contributed by atoms with E-state index < -0.39 is 5.54 Å². The van der Waals surface area contributed by atoms with Gasteiger partial charge in [0.1, 0.15) is 22.7 Å². The van der Waals surface area contributed by atoms with Crippen LogP contribution in [0.5, 0.6) is 11.5 Å². The van der Waals surface area contributed by atoms with Gasteiger partial charge in [-0.15, -0.1) is 0 Å². The van der Waals surface area contributed by atoms with Gasteiger partial charge < -0.3 is 14.5 Å². The first-order valence-electron chi connectivity index (χ1n) is 18.9. The van der Waals surface area contributed by atoms with Crippen LogP contribution in [0, 0.1) is 0 Å². The topological polar surface area (TPSA) is 24.5 Å². The van der Waals surface area contributed by atoms with Crippen molar-refractivity contribution in [2.45, 2.75) is 64.1 Å². The molecule has 5 heteroatoms. The monoisotopic (exact) mass is 691 g/mol. The number of likely N-dealkylation sites (N-methyl/N-ethyl adjacent to an activating group) is 1. The molecule has 260 valence electrons. The Kier molecular flexibility index (Phi) is 5.80. The standard InChI is InChI=1S/C48H43N4O/c1-46(2,3)32-24-37-42-40(26-32)53-41-27-33(47(4,5)6)25-38-43(41)48(42,51-23-13-17-35-34-16-11-12-18-36(34)52(38)44(35)51)45-49(7)39(28-50(37)45)31-21-19-30(20-22-31)29-14-9-8-10-15-29/h8-28,45H,1-7H3/q+1. The van der Waals surface area contributed by atoms with E-state index in [2.05, 4.69) is 195 Å². The highest BCUT2D eigenvalue weighted by Gasteiger charge is 2.68. The summed E-state index contributed by atoms with van der Waals surface area (Å²) in [5.41, 5.74) is 13.9. The number of para-hydroxylation sites is 1. The van der Waals surface area contributed by atoms with Crippen molar-refractivity contribution < 1.29 is 9.30 Å². The molecule has 6 heterocycles. The zero-order chi connectivity index (χ0) is 36.2. The molecule has 0 radical (unpaired) electrons. The van der Waals surface area contributed by atoms with Gasteiger partial charge in [0.15, 0.2) is 6.17 Å². The maximum absolute atomic E-state index is 7.26. The second-order valence-corrected chi connectivity index (χ2v) is 17.4. The molecule has 2 unspecified atom stereocenters. The molecule has 5 nitrogen and oxygen atoms in total. The number of anilines is 1. The molecule has 0 aliphatic carbocycles. The van der Waals surface area contributed by atoms with E-state index in [-0.39, 0.29) is 17.0 Å². The fourth-order valence-corrected chi connectivity index (χ4v) is 9.76. The average molecular weight is 692 g/mol. The van der Waals surface area contributed by atoms with Gasteiger partial charge in [-0.2, -0.15) is 4.57 Å². The predicted molar refractivity (Wildman–Crippen MR) is 215 cm³/mol. The number of ether oxygens (including phenoxy) is 1. The number of fused-ring (bicyclic) bond motifs is 6. The van der Waals surface area contributed by atoms with Crippen molar-refractivity contribution in [3.8, 4) is 28.3 Å². The van der Waals surface area contributed by atoms with Crippen LogP contribution in [0.4, 0.5) is 5.69 Å². The number of rotatable bonds is 2. The van der Waals surface area contributed by atoms with Gasteiger partial charge in [-0.05, 0) is 87.2 Å². The van der Waals surface area contributed by atoms with Gasteiger partial charge >= 0.3 is 0 Å². The van der Waals surface area contributed by atoms with Crippen molar-refractivity contribution in [1.82, 2.24) is 9.47 Å². The van der Waals surface area contributed by atoms with Crippen LogP contribution in [0.3, 0.4) is 0 Å². The SMILES string of the molecule is CN1C(c2ccc(-c3ccccc3)cc2)=CN2c3cc(C(C)(C)C)cc4c3C3(c5c(cc(C(C)(C)C)cc5-n5c6ccccc6c6ccc[n+]3c65)O4)C12. The van der Waals surface area contributed by atoms with Crippen LogP contribution >= 0.6 is 0 Å². The molecule has 0 saturated carbocycles. The van der Waals surface area contributed by atoms with Crippen molar-refractivity contribution in [2.75, 3.05) is 11.9 Å². The highest BCUT2D eigenvalue weighted by Crippen LogP contribution is 2.64. The van der Waals surface area contributed by atoms with Crippen molar-refractivity contribution in [2.24, 2.45) is 0 Å².